The minimum absolute atomic E-state index is 0.0295. The number of thiazole rings is 1. The maximum atomic E-state index is 10.9. The summed E-state index contributed by atoms with van der Waals surface area (Å²) in [6, 6.07) is 0. The first-order chi connectivity index (χ1) is 7.60. The van der Waals surface area contributed by atoms with E-state index in [4.69, 9.17) is 5.11 Å². The monoisotopic (exact) mass is 237 g/mol. The molecular formula is C10H11N3O2S. The Hall–Kier alpha value is -1.82. The van der Waals surface area contributed by atoms with Crippen molar-refractivity contribution in [1.29, 1.82) is 0 Å². The van der Waals surface area contributed by atoms with E-state index in [9.17, 15) is 4.79 Å². The molecule has 0 aromatic carbocycles. The van der Waals surface area contributed by atoms with Crippen LogP contribution in [-0.2, 0) is 0 Å². The zero-order valence-electron chi connectivity index (χ0n) is 8.97. The molecule has 0 amide bonds. The third kappa shape index (κ3) is 2.60. The Kier molecular flexibility index (Phi) is 4.07. The summed E-state index contributed by atoms with van der Waals surface area (Å²) in [5.41, 5.74) is -0.0295. The molecule has 0 spiro atoms. The third-order valence-corrected chi connectivity index (χ3v) is 2.60. The lowest BCUT2D eigenvalue weighted by atomic mass is 10.3. The van der Waals surface area contributed by atoms with Gasteiger partial charge < -0.3 is 5.11 Å². The molecule has 0 bridgehead atoms. The molecule has 0 fully saturated rings. The highest BCUT2D eigenvalue weighted by Crippen LogP contribution is 2.19. The summed E-state index contributed by atoms with van der Waals surface area (Å²) in [6.45, 7) is 6.91. The Morgan fingerprint density at radius 2 is 2.31 bits per heavy atom. The van der Waals surface area contributed by atoms with Gasteiger partial charge in [-0.1, -0.05) is 6.08 Å². The zero-order chi connectivity index (χ0) is 12.1. The molecule has 0 unspecified atom stereocenters. The lowest BCUT2D eigenvalue weighted by Gasteiger charge is -1.95. The van der Waals surface area contributed by atoms with Crippen molar-refractivity contribution in [2.45, 2.75) is 13.8 Å². The second kappa shape index (κ2) is 5.32. The Balaban J connectivity index is 3.29. The fourth-order valence-electron chi connectivity index (χ4n) is 1.04. The molecule has 84 valence electrons. The van der Waals surface area contributed by atoms with Gasteiger partial charge in [-0.05, 0) is 20.6 Å². The molecule has 5 nitrogen and oxygen atoms in total. The van der Waals surface area contributed by atoms with Crippen LogP contribution in [0.5, 0.6) is 0 Å². The largest absolute Gasteiger partial charge is 0.476 e. The van der Waals surface area contributed by atoms with Crippen molar-refractivity contribution >= 4 is 29.9 Å². The molecule has 1 heterocycles. The van der Waals surface area contributed by atoms with Crippen molar-refractivity contribution in [2.75, 3.05) is 0 Å². The molecule has 1 aromatic rings. The number of nitrogens with zero attached hydrogens (tertiary/aromatic N) is 3. The smallest absolute Gasteiger partial charge is 0.356 e. The number of carboxylic acids is 1. The number of aromatic carboxylic acids is 1. The lowest BCUT2D eigenvalue weighted by molar-refractivity contribution is 0.0691. The highest BCUT2D eigenvalue weighted by molar-refractivity contribution is 7.14. The van der Waals surface area contributed by atoms with Gasteiger partial charge in [0.05, 0.1) is 5.01 Å². The predicted molar refractivity (Wildman–Crippen MR) is 64.7 cm³/mol. The van der Waals surface area contributed by atoms with Gasteiger partial charge in [-0.25, -0.2) is 19.8 Å². The molecule has 0 atom stereocenters. The van der Waals surface area contributed by atoms with Crippen molar-refractivity contribution in [1.82, 2.24) is 4.98 Å². The van der Waals surface area contributed by atoms with E-state index in [-0.39, 0.29) is 11.5 Å². The van der Waals surface area contributed by atoms with E-state index in [1.54, 1.807) is 19.9 Å². The fourth-order valence-corrected chi connectivity index (χ4v) is 1.91. The van der Waals surface area contributed by atoms with Crippen molar-refractivity contribution < 1.29 is 9.90 Å². The number of carboxylic acid groups (broad SMARTS) is 1. The van der Waals surface area contributed by atoms with Crippen LogP contribution in [0.1, 0.15) is 27.3 Å². The van der Waals surface area contributed by atoms with E-state index in [0.29, 0.717) is 9.88 Å². The number of aromatic nitrogens is 1. The van der Waals surface area contributed by atoms with Crippen molar-refractivity contribution in [3.8, 4) is 0 Å². The second-order valence-electron chi connectivity index (χ2n) is 2.81. The summed E-state index contributed by atoms with van der Waals surface area (Å²) in [5.74, 6) is -0.808. The van der Waals surface area contributed by atoms with Gasteiger partial charge >= 0.3 is 5.97 Å². The van der Waals surface area contributed by atoms with Crippen LogP contribution in [0.2, 0.25) is 0 Å². The highest BCUT2D eigenvalue weighted by Gasteiger charge is 2.19. The van der Waals surface area contributed by atoms with Gasteiger partial charge in [-0.3, -0.25) is 0 Å². The second-order valence-corrected chi connectivity index (χ2v) is 4.01. The fraction of sp³-hybridized carbons (Fsp3) is 0.200. The van der Waals surface area contributed by atoms with Crippen molar-refractivity contribution in [3.05, 3.63) is 27.9 Å². The average Bonchev–Trinajstić information content (AvgIpc) is 2.62. The normalized spacial score (nSPS) is 12.0. The molecule has 0 saturated carbocycles. The Bertz CT molecular complexity index is 474. The number of rotatable bonds is 3. The first-order valence-electron chi connectivity index (χ1n) is 4.47. The van der Waals surface area contributed by atoms with Gasteiger partial charge in [0.2, 0.25) is 0 Å². The Labute approximate surface area is 96.9 Å². The highest BCUT2D eigenvalue weighted by atomic mass is 32.1. The zero-order valence-corrected chi connectivity index (χ0v) is 9.78. The molecule has 0 saturated heterocycles. The minimum Gasteiger partial charge on any atom is -0.476 e. The summed E-state index contributed by atoms with van der Waals surface area (Å²) in [4.78, 5) is 23.0. The van der Waals surface area contributed by atoms with Crippen molar-refractivity contribution in [3.63, 3.8) is 0 Å². The average molecular weight is 237 g/mol. The molecule has 0 aliphatic carbocycles. The quantitative estimate of drug-likeness (QED) is 0.646. The van der Waals surface area contributed by atoms with Gasteiger partial charge in [0, 0.05) is 6.20 Å². The summed E-state index contributed by atoms with van der Waals surface area (Å²) in [6.07, 6.45) is 3.25. The van der Waals surface area contributed by atoms with Gasteiger partial charge in [-0.2, -0.15) is 0 Å². The number of aryl methyl sites for hydroxylation is 1. The van der Waals surface area contributed by atoms with E-state index in [1.807, 2.05) is 0 Å². The Morgan fingerprint density at radius 1 is 1.62 bits per heavy atom. The lowest BCUT2D eigenvalue weighted by Crippen LogP contribution is -2.05. The standard InChI is InChI=1S/C10H11N3O2S/c1-4-5-12-9(11-3)8-7(10(14)15)13-6(2)16-8/h4-5H,3H2,1-2H3,(H,14,15)/b5-4-,12-9?. The maximum Gasteiger partial charge on any atom is 0.356 e. The molecule has 1 rings (SSSR count). The molecule has 0 aliphatic heterocycles. The molecule has 16 heavy (non-hydrogen) atoms. The van der Waals surface area contributed by atoms with Crippen LogP contribution < -0.4 is 0 Å². The van der Waals surface area contributed by atoms with Crippen LogP contribution in [0.3, 0.4) is 0 Å². The number of carbonyl (C=O) groups is 1. The first-order valence-corrected chi connectivity index (χ1v) is 5.28. The van der Waals surface area contributed by atoms with Crippen molar-refractivity contribution in [2.24, 2.45) is 9.98 Å². The molecule has 0 aliphatic rings. The summed E-state index contributed by atoms with van der Waals surface area (Å²) in [5, 5.41) is 9.61. The van der Waals surface area contributed by atoms with Gasteiger partial charge in [0.15, 0.2) is 11.5 Å². The van der Waals surface area contributed by atoms with E-state index in [0.717, 1.165) is 0 Å². The Morgan fingerprint density at radius 3 is 2.81 bits per heavy atom. The van der Waals surface area contributed by atoms with Crippen LogP contribution >= 0.6 is 11.3 Å². The van der Waals surface area contributed by atoms with Crippen LogP contribution in [0.25, 0.3) is 0 Å². The van der Waals surface area contributed by atoms with Gasteiger partial charge in [0.1, 0.15) is 4.88 Å². The summed E-state index contributed by atoms with van der Waals surface area (Å²) >= 11 is 1.24. The van der Waals surface area contributed by atoms with Gasteiger partial charge in [0.25, 0.3) is 0 Å². The summed E-state index contributed by atoms with van der Waals surface area (Å²) in [7, 11) is 0. The predicted octanol–water partition coefficient (Wildman–Crippen LogP) is 2.13. The number of hydrogen-bond acceptors (Lipinski definition) is 4. The maximum absolute atomic E-state index is 10.9. The van der Waals surface area contributed by atoms with E-state index in [2.05, 4.69) is 21.7 Å². The molecule has 1 aromatic heterocycles. The van der Waals surface area contributed by atoms with Crippen LogP contribution in [-0.4, -0.2) is 28.6 Å². The number of aliphatic imine (C=N–C) groups is 2. The van der Waals surface area contributed by atoms with E-state index < -0.39 is 5.97 Å². The van der Waals surface area contributed by atoms with E-state index >= 15 is 0 Å². The number of amidine groups is 1. The molecule has 0 radical (unpaired) electrons. The van der Waals surface area contributed by atoms with Crippen LogP contribution in [0, 0.1) is 6.92 Å². The van der Waals surface area contributed by atoms with Crippen LogP contribution in [0.15, 0.2) is 22.3 Å². The van der Waals surface area contributed by atoms with Gasteiger partial charge in [-0.15, -0.1) is 11.3 Å². The minimum atomic E-state index is -1.09. The SMILES string of the molecule is C=NC(=N/C=C\C)c1sc(C)nc1C(=O)O. The number of allylic oxidation sites excluding steroid dienone is 1. The third-order valence-electron chi connectivity index (χ3n) is 1.64. The first kappa shape index (κ1) is 12.3. The topological polar surface area (TPSA) is 74.9 Å². The summed E-state index contributed by atoms with van der Waals surface area (Å²) < 4.78 is 0. The molecule has 1 N–H and O–H groups in total. The van der Waals surface area contributed by atoms with Crippen LogP contribution in [0.4, 0.5) is 0 Å². The number of hydrogen-bond donors (Lipinski definition) is 1. The van der Waals surface area contributed by atoms with E-state index in [1.165, 1.54) is 17.5 Å². The molecule has 6 heteroatoms. The molecular weight excluding hydrogens is 226 g/mol.